The molecular weight excluding hydrogens is 399 g/mol. The van der Waals surface area contributed by atoms with Crippen LogP contribution < -0.4 is 0 Å². The Bertz CT molecular complexity index is 948. The Morgan fingerprint density at radius 2 is 1.59 bits per heavy atom. The summed E-state index contributed by atoms with van der Waals surface area (Å²) in [6.45, 7) is 0. The summed E-state index contributed by atoms with van der Waals surface area (Å²) >= 11 is 24.3. The number of fused-ring (bicyclic) bond motifs is 2. The zero-order valence-electron chi connectivity index (χ0n) is 10.8. The molecule has 0 aliphatic heterocycles. The van der Waals surface area contributed by atoms with Crippen LogP contribution in [0.1, 0.15) is 0 Å². The van der Waals surface area contributed by atoms with Crippen molar-refractivity contribution in [3.63, 3.8) is 0 Å². The highest BCUT2D eigenvalue weighted by atomic mass is 35.5. The van der Waals surface area contributed by atoms with Crippen molar-refractivity contribution in [2.75, 3.05) is 0 Å². The van der Waals surface area contributed by atoms with E-state index in [9.17, 15) is 0 Å². The van der Waals surface area contributed by atoms with Gasteiger partial charge in [-0.15, -0.1) is 35.3 Å². The van der Waals surface area contributed by atoms with Crippen LogP contribution in [-0.4, -0.2) is 9.97 Å². The van der Waals surface area contributed by atoms with Gasteiger partial charge in [-0.05, 0) is 30.3 Å². The third-order valence-corrected chi connectivity index (χ3v) is 5.54. The topological polar surface area (TPSA) is 25.8 Å². The molecule has 0 N–H and O–H groups in total. The van der Waals surface area contributed by atoms with Crippen LogP contribution in [0, 0.1) is 0 Å². The summed E-state index contributed by atoms with van der Waals surface area (Å²) in [5.74, 6) is 0. The average Bonchev–Trinajstić information content (AvgIpc) is 3.01. The number of thiazole rings is 2. The van der Waals surface area contributed by atoms with Gasteiger partial charge in [-0.25, -0.2) is 9.97 Å². The quantitative estimate of drug-likeness (QED) is 0.324. The van der Waals surface area contributed by atoms with Gasteiger partial charge in [0.25, 0.3) is 0 Å². The van der Waals surface area contributed by atoms with Gasteiger partial charge in [-0.3, -0.25) is 0 Å². The standard InChI is InChI=1S/C7H3Cl2NS.C7H4ClNS2/c8-4-1-2-5-6(3-4)11-7(9)10-5;8-7-9-6-4(10)2-1-3-5(6)11-7/h1-3H;1-3,10H. The average molecular weight is 406 g/mol. The number of para-hydroxylation sites is 1. The summed E-state index contributed by atoms with van der Waals surface area (Å²) in [6, 6.07) is 11.4. The highest BCUT2D eigenvalue weighted by Gasteiger charge is 2.02. The number of halogens is 3. The lowest BCUT2D eigenvalue weighted by Gasteiger charge is -1.89. The second kappa shape index (κ2) is 6.91. The second-order valence-corrected chi connectivity index (χ2v) is 8.31. The maximum atomic E-state index is 5.76. The third-order valence-electron chi connectivity index (χ3n) is 2.70. The number of benzene rings is 2. The van der Waals surface area contributed by atoms with Crippen molar-refractivity contribution in [2.24, 2.45) is 0 Å². The number of rotatable bonds is 0. The zero-order valence-corrected chi connectivity index (χ0v) is 15.6. The highest BCUT2D eigenvalue weighted by Crippen LogP contribution is 2.29. The fraction of sp³-hybridized carbons (Fsp3) is 0. The number of hydrogen-bond acceptors (Lipinski definition) is 5. The molecule has 4 aromatic rings. The van der Waals surface area contributed by atoms with Crippen molar-refractivity contribution < 1.29 is 0 Å². The molecule has 0 saturated heterocycles. The van der Waals surface area contributed by atoms with E-state index in [2.05, 4.69) is 22.6 Å². The largest absolute Gasteiger partial charge is 0.225 e. The zero-order chi connectivity index (χ0) is 15.7. The molecule has 2 heterocycles. The molecular formula is C14H7Cl3N2S3. The van der Waals surface area contributed by atoms with E-state index < -0.39 is 0 Å². The fourth-order valence-electron chi connectivity index (χ4n) is 1.78. The van der Waals surface area contributed by atoms with Crippen LogP contribution in [0.5, 0.6) is 0 Å². The molecule has 0 unspecified atom stereocenters. The van der Waals surface area contributed by atoms with E-state index in [1.54, 1.807) is 6.07 Å². The summed E-state index contributed by atoms with van der Waals surface area (Å²) in [7, 11) is 0. The number of thiol groups is 1. The maximum Gasteiger partial charge on any atom is 0.184 e. The number of nitrogens with zero attached hydrogens (tertiary/aromatic N) is 2. The van der Waals surface area contributed by atoms with Crippen LogP contribution in [0.15, 0.2) is 41.3 Å². The molecule has 0 atom stereocenters. The smallest absolute Gasteiger partial charge is 0.184 e. The monoisotopic (exact) mass is 404 g/mol. The summed E-state index contributed by atoms with van der Waals surface area (Å²) < 4.78 is 3.24. The maximum absolute atomic E-state index is 5.76. The van der Waals surface area contributed by atoms with E-state index in [-0.39, 0.29) is 0 Å². The van der Waals surface area contributed by atoms with Crippen molar-refractivity contribution in [3.8, 4) is 0 Å². The highest BCUT2D eigenvalue weighted by molar-refractivity contribution is 7.80. The first-order chi connectivity index (χ1) is 10.5. The van der Waals surface area contributed by atoms with Crippen molar-refractivity contribution in [2.45, 2.75) is 4.90 Å². The van der Waals surface area contributed by atoms with Crippen LogP contribution in [0.3, 0.4) is 0 Å². The molecule has 0 aliphatic carbocycles. The molecule has 2 aromatic carbocycles. The number of aromatic nitrogens is 2. The van der Waals surface area contributed by atoms with E-state index in [1.165, 1.54) is 22.7 Å². The summed E-state index contributed by atoms with van der Waals surface area (Å²) in [6.07, 6.45) is 0. The Morgan fingerprint density at radius 3 is 2.36 bits per heavy atom. The first-order valence-corrected chi connectivity index (χ1v) is 9.20. The van der Waals surface area contributed by atoms with Crippen molar-refractivity contribution >= 4 is 90.5 Å². The van der Waals surface area contributed by atoms with E-state index in [0.29, 0.717) is 8.93 Å². The van der Waals surface area contributed by atoms with Gasteiger partial charge < -0.3 is 0 Å². The van der Waals surface area contributed by atoms with E-state index in [1.807, 2.05) is 30.3 Å². The van der Waals surface area contributed by atoms with Gasteiger partial charge in [-0.1, -0.05) is 40.9 Å². The Labute approximate surface area is 155 Å². The molecule has 4 rings (SSSR count). The van der Waals surface area contributed by atoms with Crippen LogP contribution in [0.2, 0.25) is 14.0 Å². The molecule has 0 amide bonds. The predicted octanol–water partition coefficient (Wildman–Crippen LogP) is 6.84. The van der Waals surface area contributed by atoms with Crippen LogP contribution in [-0.2, 0) is 0 Å². The van der Waals surface area contributed by atoms with Gasteiger partial charge in [0.15, 0.2) is 8.93 Å². The molecule has 0 fully saturated rings. The minimum atomic E-state index is 0.558. The fourth-order valence-corrected chi connectivity index (χ4v) is 4.47. The van der Waals surface area contributed by atoms with Gasteiger partial charge in [0.1, 0.15) is 0 Å². The van der Waals surface area contributed by atoms with Crippen molar-refractivity contribution in [1.29, 1.82) is 0 Å². The Balaban J connectivity index is 0.000000131. The lowest BCUT2D eigenvalue weighted by molar-refractivity contribution is 1.42. The SMILES string of the molecule is Clc1ccc2nc(Cl)sc2c1.Sc1cccc2sc(Cl)nc12. The van der Waals surface area contributed by atoms with Crippen molar-refractivity contribution in [3.05, 3.63) is 50.4 Å². The normalized spacial score (nSPS) is 10.7. The first-order valence-electron chi connectivity index (χ1n) is 5.98. The minimum absolute atomic E-state index is 0.558. The van der Waals surface area contributed by atoms with Gasteiger partial charge >= 0.3 is 0 Å². The summed E-state index contributed by atoms with van der Waals surface area (Å²) in [5.41, 5.74) is 1.80. The molecule has 0 spiro atoms. The second-order valence-electron chi connectivity index (χ2n) is 4.17. The molecule has 0 aliphatic rings. The van der Waals surface area contributed by atoms with Gasteiger partial charge in [0.2, 0.25) is 0 Å². The molecule has 0 radical (unpaired) electrons. The molecule has 2 nitrogen and oxygen atoms in total. The summed E-state index contributed by atoms with van der Waals surface area (Å²) in [4.78, 5) is 9.08. The predicted molar refractivity (Wildman–Crippen MR) is 102 cm³/mol. The first kappa shape index (κ1) is 16.3. The lowest BCUT2D eigenvalue weighted by atomic mass is 10.3. The lowest BCUT2D eigenvalue weighted by Crippen LogP contribution is -1.69. The van der Waals surface area contributed by atoms with E-state index in [4.69, 9.17) is 34.8 Å². The molecule has 0 saturated carbocycles. The van der Waals surface area contributed by atoms with E-state index >= 15 is 0 Å². The van der Waals surface area contributed by atoms with E-state index in [0.717, 1.165) is 30.4 Å². The van der Waals surface area contributed by atoms with Crippen molar-refractivity contribution in [1.82, 2.24) is 9.97 Å². The third kappa shape index (κ3) is 3.67. The Morgan fingerprint density at radius 1 is 0.864 bits per heavy atom. The molecule has 8 heteroatoms. The van der Waals surface area contributed by atoms with Crippen LogP contribution >= 0.6 is 70.1 Å². The molecule has 2 aromatic heterocycles. The molecule has 0 bridgehead atoms. The van der Waals surface area contributed by atoms with Crippen LogP contribution in [0.25, 0.3) is 20.4 Å². The van der Waals surface area contributed by atoms with Crippen LogP contribution in [0.4, 0.5) is 0 Å². The molecule has 112 valence electrons. The molecule has 22 heavy (non-hydrogen) atoms. The van der Waals surface area contributed by atoms with Gasteiger partial charge in [-0.2, -0.15) is 0 Å². The Hall–Kier alpha value is -0.560. The number of hydrogen-bond donors (Lipinski definition) is 1. The Kier molecular flexibility index (Phi) is 5.12. The van der Waals surface area contributed by atoms with Gasteiger partial charge in [0, 0.05) is 9.92 Å². The van der Waals surface area contributed by atoms with Gasteiger partial charge in [0.05, 0.1) is 20.4 Å². The minimum Gasteiger partial charge on any atom is -0.225 e. The summed E-state index contributed by atoms with van der Waals surface area (Å²) in [5, 5.41) is 0.720.